The van der Waals surface area contributed by atoms with Crippen molar-refractivity contribution in [1.82, 2.24) is 15.3 Å². The first-order valence-corrected chi connectivity index (χ1v) is 8.92. The number of H-pyrrole nitrogens is 1. The second-order valence-corrected chi connectivity index (χ2v) is 6.84. The van der Waals surface area contributed by atoms with Gasteiger partial charge in [0.2, 0.25) is 5.91 Å². The highest BCUT2D eigenvalue weighted by Gasteiger charge is 2.10. The Morgan fingerprint density at radius 1 is 1.32 bits per heavy atom. The molecule has 0 saturated carbocycles. The molecular formula is C18H19N3O3S. The molecule has 0 spiro atoms. The number of benzene rings is 1. The fourth-order valence-electron chi connectivity index (χ4n) is 2.67. The molecule has 3 N–H and O–H groups in total. The highest BCUT2D eigenvalue weighted by molar-refractivity contribution is 7.09. The number of nitrogens with one attached hydrogen (secondary N) is 2. The quantitative estimate of drug-likeness (QED) is 0.606. The van der Waals surface area contributed by atoms with Gasteiger partial charge in [-0.15, -0.1) is 11.3 Å². The molecule has 0 aliphatic carbocycles. The van der Waals surface area contributed by atoms with E-state index in [1.165, 1.54) is 22.3 Å². The second-order valence-electron chi connectivity index (χ2n) is 5.89. The Kier molecular flexibility index (Phi) is 5.14. The van der Waals surface area contributed by atoms with Crippen LogP contribution in [0.2, 0.25) is 0 Å². The molecule has 130 valence electrons. The van der Waals surface area contributed by atoms with E-state index >= 15 is 0 Å². The molecule has 0 fully saturated rings. The topological polar surface area (TPSA) is 95.1 Å². The number of aromatic amines is 1. The number of amides is 1. The number of carboxylic acid groups (broad SMARTS) is 1. The van der Waals surface area contributed by atoms with Crippen molar-refractivity contribution in [2.24, 2.45) is 0 Å². The second kappa shape index (κ2) is 7.48. The lowest BCUT2D eigenvalue weighted by atomic mass is 10.1. The van der Waals surface area contributed by atoms with Crippen LogP contribution in [0.25, 0.3) is 10.9 Å². The summed E-state index contributed by atoms with van der Waals surface area (Å²) in [7, 11) is 0. The molecule has 1 aromatic carbocycles. The van der Waals surface area contributed by atoms with Gasteiger partial charge >= 0.3 is 5.97 Å². The first-order valence-electron chi connectivity index (χ1n) is 8.04. The van der Waals surface area contributed by atoms with Gasteiger partial charge in [0.05, 0.1) is 5.01 Å². The van der Waals surface area contributed by atoms with Crippen molar-refractivity contribution in [3.8, 4) is 0 Å². The standard InChI is InChI=1S/C18H19N3O3S/c1-11-2-4-14-13(8-11)12(9-20-14)3-5-16(22)19-7-6-17-21-15(10-25-17)18(23)24/h2,4,8-10,20H,3,5-7H2,1H3,(H,19,22)(H,23,24). The van der Waals surface area contributed by atoms with E-state index in [1.54, 1.807) is 0 Å². The summed E-state index contributed by atoms with van der Waals surface area (Å²) < 4.78 is 0. The summed E-state index contributed by atoms with van der Waals surface area (Å²) in [6.45, 7) is 2.51. The molecular weight excluding hydrogens is 338 g/mol. The van der Waals surface area contributed by atoms with Gasteiger partial charge in [-0.2, -0.15) is 0 Å². The van der Waals surface area contributed by atoms with E-state index in [2.05, 4.69) is 34.3 Å². The van der Waals surface area contributed by atoms with Crippen molar-refractivity contribution >= 4 is 34.1 Å². The molecule has 0 aliphatic heterocycles. The van der Waals surface area contributed by atoms with E-state index in [9.17, 15) is 9.59 Å². The summed E-state index contributed by atoms with van der Waals surface area (Å²) in [6.07, 6.45) is 3.59. The Morgan fingerprint density at radius 2 is 2.16 bits per heavy atom. The molecule has 2 heterocycles. The first-order chi connectivity index (χ1) is 12.0. The predicted octanol–water partition coefficient (Wildman–Crippen LogP) is 2.92. The zero-order chi connectivity index (χ0) is 17.8. The van der Waals surface area contributed by atoms with E-state index in [1.807, 2.05) is 12.3 Å². The van der Waals surface area contributed by atoms with Crippen LogP contribution in [0.4, 0.5) is 0 Å². The minimum atomic E-state index is -1.03. The lowest BCUT2D eigenvalue weighted by Gasteiger charge is -2.04. The van der Waals surface area contributed by atoms with Gasteiger partial charge in [-0.3, -0.25) is 4.79 Å². The molecule has 0 radical (unpaired) electrons. The number of carbonyl (C=O) groups is 2. The molecule has 6 nitrogen and oxygen atoms in total. The minimum absolute atomic E-state index is 0.0167. The number of aromatic carboxylic acids is 1. The fraction of sp³-hybridized carbons (Fsp3) is 0.278. The Labute approximate surface area is 148 Å². The summed E-state index contributed by atoms with van der Waals surface area (Å²) in [5.74, 6) is -1.04. The fourth-order valence-corrected chi connectivity index (χ4v) is 3.44. The lowest BCUT2D eigenvalue weighted by Crippen LogP contribution is -2.25. The van der Waals surface area contributed by atoms with Crippen molar-refractivity contribution < 1.29 is 14.7 Å². The number of carboxylic acids is 1. The summed E-state index contributed by atoms with van der Waals surface area (Å²) in [4.78, 5) is 30.0. The number of aryl methyl sites for hydroxylation is 2. The Bertz CT molecular complexity index is 913. The number of hydrogen-bond acceptors (Lipinski definition) is 4. The van der Waals surface area contributed by atoms with Crippen molar-refractivity contribution in [2.75, 3.05) is 6.54 Å². The Balaban J connectivity index is 1.47. The Hall–Kier alpha value is -2.67. The third-order valence-corrected chi connectivity index (χ3v) is 4.88. The Morgan fingerprint density at radius 3 is 2.92 bits per heavy atom. The molecule has 3 rings (SSSR count). The van der Waals surface area contributed by atoms with Crippen molar-refractivity contribution in [3.63, 3.8) is 0 Å². The molecule has 0 saturated heterocycles. The summed E-state index contributed by atoms with van der Waals surface area (Å²) in [5.41, 5.74) is 3.47. The molecule has 7 heteroatoms. The maximum absolute atomic E-state index is 12.0. The molecule has 1 amide bonds. The highest BCUT2D eigenvalue weighted by atomic mass is 32.1. The van der Waals surface area contributed by atoms with Gasteiger partial charge in [0.25, 0.3) is 0 Å². The smallest absolute Gasteiger partial charge is 0.355 e. The maximum atomic E-state index is 12.0. The average molecular weight is 357 g/mol. The van der Waals surface area contributed by atoms with Crippen LogP contribution < -0.4 is 5.32 Å². The molecule has 0 atom stereocenters. The number of hydrogen-bond donors (Lipinski definition) is 3. The number of thiazole rings is 1. The molecule has 2 aromatic heterocycles. The third-order valence-electron chi connectivity index (χ3n) is 3.98. The van der Waals surface area contributed by atoms with Crippen LogP contribution in [0.3, 0.4) is 0 Å². The van der Waals surface area contributed by atoms with Gasteiger partial charge in [-0.1, -0.05) is 11.6 Å². The predicted molar refractivity (Wildman–Crippen MR) is 97.1 cm³/mol. The molecule has 0 aliphatic rings. The SMILES string of the molecule is Cc1ccc2[nH]cc(CCC(=O)NCCc3nc(C(=O)O)cs3)c2c1. The lowest BCUT2D eigenvalue weighted by molar-refractivity contribution is -0.121. The van der Waals surface area contributed by atoms with E-state index in [0.717, 1.165) is 16.5 Å². The van der Waals surface area contributed by atoms with Crippen molar-refractivity contribution in [3.05, 3.63) is 51.6 Å². The van der Waals surface area contributed by atoms with Gasteiger partial charge in [0.1, 0.15) is 0 Å². The summed E-state index contributed by atoms with van der Waals surface area (Å²) >= 11 is 1.30. The summed E-state index contributed by atoms with van der Waals surface area (Å²) in [5, 5.41) is 15.1. The first kappa shape index (κ1) is 17.2. The number of nitrogens with zero attached hydrogens (tertiary/aromatic N) is 1. The minimum Gasteiger partial charge on any atom is -0.476 e. The van der Waals surface area contributed by atoms with Crippen LogP contribution >= 0.6 is 11.3 Å². The van der Waals surface area contributed by atoms with E-state index in [-0.39, 0.29) is 11.6 Å². The van der Waals surface area contributed by atoms with Crippen molar-refractivity contribution in [1.29, 1.82) is 0 Å². The van der Waals surface area contributed by atoms with Crippen LogP contribution in [-0.2, 0) is 17.6 Å². The molecule has 0 unspecified atom stereocenters. The van der Waals surface area contributed by atoms with E-state index in [0.29, 0.717) is 30.8 Å². The van der Waals surface area contributed by atoms with Crippen LogP contribution in [0.5, 0.6) is 0 Å². The monoisotopic (exact) mass is 357 g/mol. The number of fused-ring (bicyclic) bond motifs is 1. The van der Waals surface area contributed by atoms with Crippen molar-refractivity contribution in [2.45, 2.75) is 26.2 Å². The van der Waals surface area contributed by atoms with Gasteiger partial charge in [-0.05, 0) is 31.0 Å². The molecule has 25 heavy (non-hydrogen) atoms. The van der Waals surface area contributed by atoms with Crippen LogP contribution in [0.1, 0.15) is 33.0 Å². The number of rotatable bonds is 7. The van der Waals surface area contributed by atoms with E-state index < -0.39 is 5.97 Å². The zero-order valence-electron chi connectivity index (χ0n) is 13.8. The van der Waals surface area contributed by atoms with Gasteiger partial charge < -0.3 is 15.4 Å². The maximum Gasteiger partial charge on any atom is 0.355 e. The van der Waals surface area contributed by atoms with Gasteiger partial charge in [-0.25, -0.2) is 9.78 Å². The van der Waals surface area contributed by atoms with Gasteiger partial charge in [0.15, 0.2) is 5.69 Å². The molecule has 0 bridgehead atoms. The van der Waals surface area contributed by atoms with E-state index in [4.69, 9.17) is 5.11 Å². The van der Waals surface area contributed by atoms with Crippen LogP contribution in [0, 0.1) is 6.92 Å². The number of aromatic nitrogens is 2. The highest BCUT2D eigenvalue weighted by Crippen LogP contribution is 2.20. The third kappa shape index (κ3) is 4.24. The van der Waals surface area contributed by atoms with Gasteiger partial charge in [0, 0.05) is 41.9 Å². The van der Waals surface area contributed by atoms with Crippen LogP contribution in [-0.4, -0.2) is 33.5 Å². The molecule has 3 aromatic rings. The van der Waals surface area contributed by atoms with Crippen LogP contribution in [0.15, 0.2) is 29.8 Å². The number of carbonyl (C=O) groups excluding carboxylic acids is 1. The average Bonchev–Trinajstić information content (AvgIpc) is 3.20. The largest absolute Gasteiger partial charge is 0.476 e. The summed E-state index contributed by atoms with van der Waals surface area (Å²) in [6, 6.07) is 6.24. The zero-order valence-corrected chi connectivity index (χ0v) is 14.7. The normalized spacial score (nSPS) is 10.9.